The summed E-state index contributed by atoms with van der Waals surface area (Å²) in [6, 6.07) is 8.94. The van der Waals surface area contributed by atoms with Gasteiger partial charge in [0.25, 0.3) is 0 Å². The number of piperazine rings is 1. The normalized spacial score (nSPS) is 15.9. The molecule has 0 saturated carbocycles. The summed E-state index contributed by atoms with van der Waals surface area (Å²) >= 11 is 0. The maximum atomic E-state index is 12.7. The molecule has 0 amide bonds. The van der Waals surface area contributed by atoms with Crippen molar-refractivity contribution in [3.63, 3.8) is 0 Å². The van der Waals surface area contributed by atoms with Gasteiger partial charge in [-0.2, -0.15) is 13.2 Å². The van der Waals surface area contributed by atoms with Crippen LogP contribution in [0.4, 0.5) is 13.2 Å². The molecular weight excluding hydrogens is 423 g/mol. The lowest BCUT2D eigenvalue weighted by atomic mass is 10.1. The van der Waals surface area contributed by atoms with E-state index in [2.05, 4.69) is 35.3 Å². The van der Waals surface area contributed by atoms with Crippen molar-refractivity contribution in [1.82, 2.24) is 30.3 Å². The molecule has 1 aliphatic heterocycles. The number of aliphatic imine (C=N–C) groups is 1. The number of benzene rings is 1. The van der Waals surface area contributed by atoms with Gasteiger partial charge in [0.2, 0.25) is 5.82 Å². The first kappa shape index (κ1) is 21.9. The number of hydrogen-bond donors (Lipinski definition) is 2. The SMILES string of the molecule is CN=C(NCc1nc(-c2ccco2)n[nH]1)N1CCN(Cc2ccc(C(F)(F)F)cc2)CC1. The number of rotatable bonds is 5. The van der Waals surface area contributed by atoms with Gasteiger partial charge in [-0.05, 0) is 29.8 Å². The topological polar surface area (TPSA) is 85.6 Å². The Hall–Kier alpha value is -3.34. The largest absolute Gasteiger partial charge is 0.461 e. The van der Waals surface area contributed by atoms with Crippen LogP contribution in [0.5, 0.6) is 0 Å². The molecule has 170 valence electrons. The smallest absolute Gasteiger partial charge is 0.416 e. The third-order valence-electron chi connectivity index (χ3n) is 5.26. The highest BCUT2D eigenvalue weighted by Crippen LogP contribution is 2.29. The van der Waals surface area contributed by atoms with Crippen LogP contribution in [0, 0.1) is 0 Å². The number of alkyl halides is 3. The Bertz CT molecular complexity index is 1020. The first-order valence-electron chi connectivity index (χ1n) is 10.2. The average molecular weight is 447 g/mol. The van der Waals surface area contributed by atoms with Gasteiger partial charge in [0, 0.05) is 39.8 Å². The first-order chi connectivity index (χ1) is 15.4. The van der Waals surface area contributed by atoms with Crippen molar-refractivity contribution < 1.29 is 17.6 Å². The van der Waals surface area contributed by atoms with E-state index in [0.29, 0.717) is 30.5 Å². The third kappa shape index (κ3) is 5.28. The minimum absolute atomic E-state index is 0.437. The number of aromatic nitrogens is 3. The van der Waals surface area contributed by atoms with E-state index < -0.39 is 11.7 Å². The van der Waals surface area contributed by atoms with Crippen LogP contribution >= 0.6 is 0 Å². The van der Waals surface area contributed by atoms with Crippen LogP contribution in [0.15, 0.2) is 52.1 Å². The van der Waals surface area contributed by atoms with Crippen LogP contribution in [0.1, 0.15) is 17.0 Å². The van der Waals surface area contributed by atoms with Crippen molar-refractivity contribution in [3.05, 3.63) is 59.6 Å². The van der Waals surface area contributed by atoms with Gasteiger partial charge in [-0.25, -0.2) is 4.98 Å². The van der Waals surface area contributed by atoms with E-state index in [0.717, 1.165) is 49.8 Å². The van der Waals surface area contributed by atoms with Crippen LogP contribution in [-0.2, 0) is 19.3 Å². The molecule has 0 bridgehead atoms. The van der Waals surface area contributed by atoms with Gasteiger partial charge in [0.1, 0.15) is 5.82 Å². The first-order valence-corrected chi connectivity index (χ1v) is 10.2. The van der Waals surface area contributed by atoms with E-state index in [1.807, 2.05) is 0 Å². The van der Waals surface area contributed by atoms with Crippen molar-refractivity contribution >= 4 is 5.96 Å². The lowest BCUT2D eigenvalue weighted by Gasteiger charge is -2.36. The summed E-state index contributed by atoms with van der Waals surface area (Å²) in [5.41, 5.74) is 0.246. The molecule has 3 heterocycles. The van der Waals surface area contributed by atoms with Gasteiger partial charge in [0.05, 0.1) is 18.4 Å². The molecule has 11 heteroatoms. The summed E-state index contributed by atoms with van der Waals surface area (Å²) in [6.45, 7) is 4.14. The highest BCUT2D eigenvalue weighted by molar-refractivity contribution is 5.79. The number of hydrogen-bond acceptors (Lipinski definition) is 5. The molecule has 3 aromatic rings. The van der Waals surface area contributed by atoms with Crippen molar-refractivity contribution in [2.45, 2.75) is 19.3 Å². The van der Waals surface area contributed by atoms with Crippen molar-refractivity contribution in [3.8, 4) is 11.6 Å². The summed E-state index contributed by atoms with van der Waals surface area (Å²) in [6.07, 6.45) is -2.73. The summed E-state index contributed by atoms with van der Waals surface area (Å²) in [5.74, 6) is 2.52. The zero-order valence-electron chi connectivity index (χ0n) is 17.6. The highest BCUT2D eigenvalue weighted by atomic mass is 19.4. The Morgan fingerprint density at radius 1 is 1.16 bits per heavy atom. The molecule has 1 aromatic carbocycles. The number of halogens is 3. The second kappa shape index (κ2) is 9.43. The Kier molecular flexibility index (Phi) is 6.45. The van der Waals surface area contributed by atoms with Crippen molar-refractivity contribution in [2.75, 3.05) is 33.2 Å². The number of furan rings is 1. The molecule has 1 aliphatic rings. The van der Waals surface area contributed by atoms with E-state index in [4.69, 9.17) is 4.42 Å². The maximum absolute atomic E-state index is 12.7. The number of aromatic amines is 1. The molecule has 1 saturated heterocycles. The minimum Gasteiger partial charge on any atom is -0.461 e. The maximum Gasteiger partial charge on any atom is 0.416 e. The van der Waals surface area contributed by atoms with Gasteiger partial charge in [-0.3, -0.25) is 15.0 Å². The predicted molar refractivity (Wildman–Crippen MR) is 113 cm³/mol. The quantitative estimate of drug-likeness (QED) is 0.462. The lowest BCUT2D eigenvalue weighted by Crippen LogP contribution is -2.52. The molecule has 0 radical (unpaired) electrons. The molecule has 0 unspecified atom stereocenters. The number of guanidine groups is 1. The fraction of sp³-hybridized carbons (Fsp3) is 0.381. The summed E-state index contributed by atoms with van der Waals surface area (Å²) in [7, 11) is 1.73. The van der Waals surface area contributed by atoms with E-state index in [9.17, 15) is 13.2 Å². The van der Waals surface area contributed by atoms with Crippen LogP contribution in [0.25, 0.3) is 11.6 Å². The molecule has 2 N–H and O–H groups in total. The molecule has 32 heavy (non-hydrogen) atoms. The average Bonchev–Trinajstić information content (AvgIpc) is 3.47. The monoisotopic (exact) mass is 447 g/mol. The molecule has 0 atom stereocenters. The van der Waals surface area contributed by atoms with Crippen LogP contribution in [-0.4, -0.2) is 64.2 Å². The number of nitrogens with zero attached hydrogens (tertiary/aromatic N) is 5. The van der Waals surface area contributed by atoms with Gasteiger partial charge >= 0.3 is 6.18 Å². The molecule has 2 aromatic heterocycles. The zero-order chi connectivity index (χ0) is 22.6. The molecule has 1 fully saturated rings. The molecule has 4 rings (SSSR count). The molecule has 0 aliphatic carbocycles. The van der Waals surface area contributed by atoms with Crippen LogP contribution in [0.3, 0.4) is 0 Å². The number of nitrogens with one attached hydrogen (secondary N) is 2. The molecular formula is C21H24F3N7O. The predicted octanol–water partition coefficient (Wildman–Crippen LogP) is 2.98. The zero-order valence-corrected chi connectivity index (χ0v) is 17.6. The third-order valence-corrected chi connectivity index (χ3v) is 5.26. The van der Waals surface area contributed by atoms with Gasteiger partial charge < -0.3 is 14.6 Å². The highest BCUT2D eigenvalue weighted by Gasteiger charge is 2.30. The van der Waals surface area contributed by atoms with Gasteiger partial charge in [-0.1, -0.05) is 12.1 Å². The number of H-pyrrole nitrogens is 1. The van der Waals surface area contributed by atoms with Crippen molar-refractivity contribution in [2.24, 2.45) is 4.99 Å². The van der Waals surface area contributed by atoms with Crippen LogP contribution in [0.2, 0.25) is 0 Å². The standard InChI is InChI=1S/C21H24F3N7O/c1-25-20(26-13-18-27-19(29-28-18)17-3-2-12-32-17)31-10-8-30(9-11-31)14-15-4-6-16(7-5-15)21(22,23)24/h2-7,12H,8-11,13-14H2,1H3,(H,25,26)(H,27,28,29). The Balaban J connectivity index is 1.25. The van der Waals surface area contributed by atoms with E-state index in [1.165, 1.54) is 0 Å². The van der Waals surface area contributed by atoms with E-state index in [1.54, 1.807) is 37.6 Å². The second-order valence-electron chi connectivity index (χ2n) is 7.44. The molecule has 8 nitrogen and oxygen atoms in total. The van der Waals surface area contributed by atoms with Gasteiger partial charge in [-0.15, -0.1) is 5.10 Å². The Labute approximate surface area is 183 Å². The fourth-order valence-electron chi connectivity index (χ4n) is 3.56. The van der Waals surface area contributed by atoms with E-state index >= 15 is 0 Å². The summed E-state index contributed by atoms with van der Waals surface area (Å²) < 4.78 is 43.5. The Morgan fingerprint density at radius 3 is 2.53 bits per heavy atom. The fourth-order valence-corrected chi connectivity index (χ4v) is 3.56. The lowest BCUT2D eigenvalue weighted by molar-refractivity contribution is -0.137. The Morgan fingerprint density at radius 2 is 1.91 bits per heavy atom. The minimum atomic E-state index is -4.31. The van der Waals surface area contributed by atoms with E-state index in [-0.39, 0.29) is 0 Å². The summed E-state index contributed by atoms with van der Waals surface area (Å²) in [4.78, 5) is 13.1. The van der Waals surface area contributed by atoms with Crippen molar-refractivity contribution in [1.29, 1.82) is 0 Å². The second-order valence-corrected chi connectivity index (χ2v) is 7.44. The van der Waals surface area contributed by atoms with Gasteiger partial charge in [0.15, 0.2) is 11.7 Å². The molecule has 0 spiro atoms. The van der Waals surface area contributed by atoms with Crippen LogP contribution < -0.4 is 5.32 Å². The summed E-state index contributed by atoms with van der Waals surface area (Å²) in [5, 5.41) is 10.3.